The summed E-state index contributed by atoms with van der Waals surface area (Å²) < 4.78 is 18.4. The molecule has 0 bridgehead atoms. The molecular weight excluding hydrogens is 607 g/mol. The number of nitrogens with zero attached hydrogens (tertiary/aromatic N) is 3. The van der Waals surface area contributed by atoms with Crippen LogP contribution in [0.25, 0.3) is 21.0 Å². The van der Waals surface area contributed by atoms with Gasteiger partial charge in [0.05, 0.1) is 12.1 Å². The number of unbranched alkanes of at least 4 members (excludes halogenated alkanes) is 10. The van der Waals surface area contributed by atoms with Gasteiger partial charge < -0.3 is 19.1 Å². The van der Waals surface area contributed by atoms with Crippen LogP contribution in [0.3, 0.4) is 0 Å². The van der Waals surface area contributed by atoms with E-state index in [1.54, 1.807) is 6.07 Å². The van der Waals surface area contributed by atoms with E-state index in [2.05, 4.69) is 51.4 Å². The summed E-state index contributed by atoms with van der Waals surface area (Å²) in [6.45, 7) is 8.25. The Labute approximate surface area is 285 Å². The van der Waals surface area contributed by atoms with Gasteiger partial charge >= 0.3 is 5.97 Å². The number of carbonyl (C=O) groups is 1. The molecule has 2 aromatic heterocycles. The van der Waals surface area contributed by atoms with Gasteiger partial charge in [-0.3, -0.25) is 9.69 Å². The molecule has 1 aliphatic heterocycles. The number of fused-ring (bicyclic) bond motifs is 2. The van der Waals surface area contributed by atoms with Crippen LogP contribution >= 0.6 is 11.3 Å². The van der Waals surface area contributed by atoms with Gasteiger partial charge in [-0.05, 0) is 67.6 Å². The number of benzene rings is 2. The van der Waals surface area contributed by atoms with Crippen molar-refractivity contribution in [2.24, 2.45) is 0 Å². The molecule has 47 heavy (non-hydrogen) atoms. The van der Waals surface area contributed by atoms with E-state index in [4.69, 9.17) is 14.2 Å². The Morgan fingerprint density at radius 3 is 2.38 bits per heavy atom. The van der Waals surface area contributed by atoms with Gasteiger partial charge in [-0.15, -0.1) is 11.3 Å². The van der Waals surface area contributed by atoms with Crippen LogP contribution in [0.15, 0.2) is 60.0 Å². The molecule has 5 rings (SSSR count). The Morgan fingerprint density at radius 1 is 0.809 bits per heavy atom. The minimum Gasteiger partial charge on any atom is -0.494 e. The van der Waals surface area contributed by atoms with Gasteiger partial charge in [0.1, 0.15) is 5.75 Å². The van der Waals surface area contributed by atoms with Crippen molar-refractivity contribution in [1.82, 2.24) is 9.88 Å². The molecule has 254 valence electrons. The first-order valence-electron chi connectivity index (χ1n) is 17.9. The van der Waals surface area contributed by atoms with Crippen molar-refractivity contribution in [3.8, 4) is 11.6 Å². The summed E-state index contributed by atoms with van der Waals surface area (Å²) in [5.74, 6) is 1.03. The summed E-state index contributed by atoms with van der Waals surface area (Å²) in [6, 6.07) is 18.6. The second-order valence-electron chi connectivity index (χ2n) is 12.7. The number of aromatic nitrogens is 1. The van der Waals surface area contributed by atoms with E-state index in [9.17, 15) is 4.79 Å². The number of esters is 1. The summed E-state index contributed by atoms with van der Waals surface area (Å²) >= 11 is 1.82. The van der Waals surface area contributed by atoms with Crippen molar-refractivity contribution in [3.63, 3.8) is 0 Å². The predicted octanol–water partition coefficient (Wildman–Crippen LogP) is 9.62. The van der Waals surface area contributed by atoms with E-state index in [0.717, 1.165) is 75.1 Å². The molecule has 3 heterocycles. The van der Waals surface area contributed by atoms with E-state index in [1.165, 1.54) is 67.1 Å². The Balaban J connectivity index is 0.925. The van der Waals surface area contributed by atoms with Gasteiger partial charge in [-0.1, -0.05) is 70.8 Å². The number of carbonyl (C=O) groups excluding carboxylic acids is 1. The molecule has 1 saturated heterocycles. The molecule has 8 heteroatoms. The molecule has 1 aliphatic rings. The number of ether oxygens (including phenoxy) is 3. The minimum atomic E-state index is -0.213. The first-order chi connectivity index (χ1) is 23.2. The Hall–Kier alpha value is -3.36. The number of anilines is 1. The predicted molar refractivity (Wildman–Crippen MR) is 195 cm³/mol. The molecule has 7 nitrogen and oxygen atoms in total. The number of thiophene rings is 1. The maximum absolute atomic E-state index is 12.1. The van der Waals surface area contributed by atoms with E-state index >= 15 is 0 Å². The van der Waals surface area contributed by atoms with E-state index in [0.29, 0.717) is 18.9 Å². The molecular formula is C39H53N3O4S. The monoisotopic (exact) mass is 659 g/mol. The lowest BCUT2D eigenvalue weighted by molar-refractivity contribution is -0.150. The summed E-state index contributed by atoms with van der Waals surface area (Å²) in [7, 11) is 0. The van der Waals surface area contributed by atoms with Gasteiger partial charge in [0, 0.05) is 65.9 Å². The number of hydrogen-bond acceptors (Lipinski definition) is 8. The van der Waals surface area contributed by atoms with Gasteiger partial charge in [0.15, 0.2) is 0 Å². The smallest absolute Gasteiger partial charge is 0.308 e. The molecule has 0 N–H and O–H groups in total. The number of piperazine rings is 1. The van der Waals surface area contributed by atoms with Crippen LogP contribution in [-0.2, 0) is 9.53 Å². The summed E-state index contributed by atoms with van der Waals surface area (Å²) in [4.78, 5) is 21.8. The van der Waals surface area contributed by atoms with E-state index in [1.807, 2.05) is 35.6 Å². The zero-order valence-electron chi connectivity index (χ0n) is 28.3. The van der Waals surface area contributed by atoms with Crippen LogP contribution in [0.5, 0.6) is 11.6 Å². The van der Waals surface area contributed by atoms with Crippen LogP contribution in [0, 0.1) is 0 Å². The molecule has 1 fully saturated rings. The van der Waals surface area contributed by atoms with Crippen molar-refractivity contribution in [1.29, 1.82) is 0 Å². The molecule has 0 radical (unpaired) electrons. The fourth-order valence-corrected chi connectivity index (χ4v) is 7.13. The van der Waals surface area contributed by atoms with Gasteiger partial charge in [-0.2, -0.15) is 0 Å². The van der Waals surface area contributed by atoms with Crippen LogP contribution in [0.2, 0.25) is 0 Å². The normalized spacial score (nSPS) is 13.8. The summed E-state index contributed by atoms with van der Waals surface area (Å²) in [5.41, 5.74) is 2.17. The highest BCUT2D eigenvalue weighted by Crippen LogP contribution is 2.31. The van der Waals surface area contributed by atoms with E-state index in [-0.39, 0.29) is 12.8 Å². The van der Waals surface area contributed by atoms with Crippen LogP contribution < -0.4 is 14.4 Å². The standard InChI is InChI=1S/C39H53N3O4S/c1-2-3-4-5-6-7-8-9-10-11-17-39(43)46-31-45-38-21-19-32-18-20-33(30-35(32)40-38)44-28-13-12-23-41-24-26-42(27-25-41)36-15-14-16-37-34(36)22-29-47-37/h14-16,18-22,29-30H,2-13,17,23-28,31H2,1H3. The lowest BCUT2D eigenvalue weighted by Gasteiger charge is -2.36. The largest absolute Gasteiger partial charge is 0.494 e. The second kappa shape index (κ2) is 19.5. The third-order valence-corrected chi connectivity index (χ3v) is 10.0. The highest BCUT2D eigenvalue weighted by molar-refractivity contribution is 7.17. The number of hydrogen-bond donors (Lipinski definition) is 0. The molecule has 0 unspecified atom stereocenters. The Kier molecular flexibility index (Phi) is 14.5. The first kappa shape index (κ1) is 35.0. The van der Waals surface area contributed by atoms with Crippen LogP contribution in [0.1, 0.15) is 90.4 Å². The third-order valence-electron chi connectivity index (χ3n) is 9.12. The SMILES string of the molecule is CCCCCCCCCCCCC(=O)OCOc1ccc2ccc(OCCCCN3CCN(c4cccc5sccc45)CC3)cc2n1. The number of rotatable bonds is 21. The maximum atomic E-state index is 12.1. The Bertz CT molecular complexity index is 1500. The lowest BCUT2D eigenvalue weighted by Crippen LogP contribution is -2.46. The quantitative estimate of drug-likeness (QED) is 0.0501. The first-order valence-corrected chi connectivity index (χ1v) is 18.8. The Morgan fingerprint density at radius 2 is 1.57 bits per heavy atom. The molecule has 0 saturated carbocycles. The van der Waals surface area contributed by atoms with Crippen molar-refractivity contribution in [2.75, 3.05) is 51.0 Å². The third kappa shape index (κ3) is 11.4. The van der Waals surface area contributed by atoms with Crippen LogP contribution in [-0.4, -0.2) is 62.0 Å². The maximum Gasteiger partial charge on any atom is 0.308 e. The lowest BCUT2D eigenvalue weighted by atomic mass is 10.1. The van der Waals surface area contributed by atoms with Gasteiger partial charge in [0.25, 0.3) is 0 Å². The topological polar surface area (TPSA) is 64.1 Å². The van der Waals surface area contributed by atoms with Crippen molar-refractivity contribution < 1.29 is 19.0 Å². The molecule has 2 aromatic carbocycles. The van der Waals surface area contributed by atoms with Crippen molar-refractivity contribution in [2.45, 2.75) is 90.4 Å². The van der Waals surface area contributed by atoms with Crippen molar-refractivity contribution >= 4 is 44.0 Å². The number of pyridine rings is 1. The average Bonchev–Trinajstić information content (AvgIpc) is 3.59. The zero-order chi connectivity index (χ0) is 32.5. The fraction of sp³-hybridized carbons (Fsp3) is 0.538. The van der Waals surface area contributed by atoms with Gasteiger partial charge in [-0.25, -0.2) is 4.98 Å². The summed E-state index contributed by atoms with van der Waals surface area (Å²) in [6.07, 6.45) is 15.0. The zero-order valence-corrected chi connectivity index (χ0v) is 29.1. The molecule has 4 aromatic rings. The average molecular weight is 660 g/mol. The second-order valence-corrected chi connectivity index (χ2v) is 13.7. The van der Waals surface area contributed by atoms with Crippen LogP contribution in [0.4, 0.5) is 5.69 Å². The van der Waals surface area contributed by atoms with E-state index < -0.39 is 0 Å². The highest BCUT2D eigenvalue weighted by Gasteiger charge is 2.18. The highest BCUT2D eigenvalue weighted by atomic mass is 32.1. The summed E-state index contributed by atoms with van der Waals surface area (Å²) in [5, 5.41) is 4.58. The van der Waals surface area contributed by atoms with Crippen molar-refractivity contribution in [3.05, 3.63) is 60.0 Å². The fourth-order valence-electron chi connectivity index (χ4n) is 6.33. The van der Waals surface area contributed by atoms with Gasteiger partial charge in [0.2, 0.25) is 12.7 Å². The molecule has 0 atom stereocenters. The minimum absolute atomic E-state index is 0.120. The molecule has 0 amide bonds. The molecule has 0 aliphatic carbocycles. The molecule has 0 spiro atoms.